The highest BCUT2D eigenvalue weighted by Crippen LogP contribution is 2.24. The SMILES string of the molecule is CC(C)C(Cc1ccccc1)C(=O)N(C)c1ccc(OCC(=O)O)cc1. The second-order valence-electron chi connectivity index (χ2n) is 6.61. The van der Waals surface area contributed by atoms with Crippen molar-refractivity contribution in [3.05, 3.63) is 60.2 Å². The molecule has 0 bridgehead atoms. The first-order valence-corrected chi connectivity index (χ1v) is 8.64. The number of nitrogens with zero attached hydrogens (tertiary/aromatic N) is 1. The highest BCUT2D eigenvalue weighted by atomic mass is 16.5. The third-order valence-corrected chi connectivity index (χ3v) is 4.34. The lowest BCUT2D eigenvalue weighted by molar-refractivity contribution is -0.139. The number of carboxylic acids is 1. The molecule has 5 heteroatoms. The smallest absolute Gasteiger partial charge is 0.341 e. The van der Waals surface area contributed by atoms with Crippen LogP contribution in [0.2, 0.25) is 0 Å². The molecule has 0 spiro atoms. The summed E-state index contributed by atoms with van der Waals surface area (Å²) in [6.45, 7) is 3.73. The van der Waals surface area contributed by atoms with Crippen molar-refractivity contribution in [3.63, 3.8) is 0 Å². The maximum absolute atomic E-state index is 13.0. The molecular formula is C21H25NO4. The summed E-state index contributed by atoms with van der Waals surface area (Å²) in [6, 6.07) is 16.9. The van der Waals surface area contributed by atoms with E-state index in [0.717, 1.165) is 11.3 Å². The molecule has 0 fully saturated rings. The van der Waals surface area contributed by atoms with Gasteiger partial charge in [-0.3, -0.25) is 4.79 Å². The Morgan fingerprint density at radius 3 is 2.19 bits per heavy atom. The van der Waals surface area contributed by atoms with E-state index in [1.54, 1.807) is 36.2 Å². The number of carbonyl (C=O) groups is 2. The van der Waals surface area contributed by atoms with E-state index in [9.17, 15) is 9.59 Å². The standard InChI is InChI=1S/C21H25NO4/c1-15(2)19(13-16-7-5-4-6-8-16)21(25)22(3)17-9-11-18(12-10-17)26-14-20(23)24/h4-12,15,19H,13-14H2,1-3H3,(H,23,24). The molecule has 1 atom stereocenters. The van der Waals surface area contributed by atoms with Crippen molar-refractivity contribution >= 4 is 17.6 Å². The molecule has 0 aliphatic rings. The average Bonchev–Trinajstić information content (AvgIpc) is 2.64. The van der Waals surface area contributed by atoms with Gasteiger partial charge in [-0.1, -0.05) is 44.2 Å². The van der Waals surface area contributed by atoms with E-state index in [1.807, 2.05) is 30.3 Å². The molecule has 0 radical (unpaired) electrons. The number of benzene rings is 2. The van der Waals surface area contributed by atoms with E-state index < -0.39 is 5.97 Å². The van der Waals surface area contributed by atoms with E-state index in [4.69, 9.17) is 9.84 Å². The number of hydrogen-bond donors (Lipinski definition) is 1. The Morgan fingerprint density at radius 1 is 1.04 bits per heavy atom. The van der Waals surface area contributed by atoms with Crippen LogP contribution in [0, 0.1) is 11.8 Å². The van der Waals surface area contributed by atoms with Crippen LogP contribution in [0.25, 0.3) is 0 Å². The van der Waals surface area contributed by atoms with E-state index in [2.05, 4.69) is 13.8 Å². The van der Waals surface area contributed by atoms with Crippen LogP contribution in [0.4, 0.5) is 5.69 Å². The van der Waals surface area contributed by atoms with Crippen LogP contribution in [0.15, 0.2) is 54.6 Å². The van der Waals surface area contributed by atoms with E-state index in [-0.39, 0.29) is 24.3 Å². The van der Waals surface area contributed by atoms with E-state index in [0.29, 0.717) is 12.2 Å². The molecule has 0 saturated heterocycles. The number of hydrogen-bond acceptors (Lipinski definition) is 3. The third kappa shape index (κ3) is 5.34. The molecule has 0 aromatic heterocycles. The molecule has 0 aliphatic carbocycles. The summed E-state index contributed by atoms with van der Waals surface area (Å²) in [5, 5.41) is 8.65. The van der Waals surface area contributed by atoms with Gasteiger partial charge in [0, 0.05) is 18.7 Å². The molecule has 0 saturated carbocycles. The Kier molecular flexibility index (Phi) is 6.78. The van der Waals surface area contributed by atoms with Crippen molar-refractivity contribution in [1.29, 1.82) is 0 Å². The summed E-state index contributed by atoms with van der Waals surface area (Å²) in [5.41, 5.74) is 1.89. The van der Waals surface area contributed by atoms with Gasteiger partial charge in [-0.25, -0.2) is 4.79 Å². The van der Waals surface area contributed by atoms with Crippen LogP contribution in [0.5, 0.6) is 5.75 Å². The maximum atomic E-state index is 13.0. The summed E-state index contributed by atoms with van der Waals surface area (Å²) >= 11 is 0. The van der Waals surface area contributed by atoms with Crippen molar-refractivity contribution in [1.82, 2.24) is 0 Å². The predicted octanol–water partition coefficient (Wildman–Crippen LogP) is 3.63. The minimum Gasteiger partial charge on any atom is -0.482 e. The van der Waals surface area contributed by atoms with Gasteiger partial charge in [-0.15, -0.1) is 0 Å². The zero-order chi connectivity index (χ0) is 19.1. The molecule has 138 valence electrons. The fraction of sp³-hybridized carbons (Fsp3) is 0.333. The first-order valence-electron chi connectivity index (χ1n) is 8.64. The van der Waals surface area contributed by atoms with Gasteiger partial charge in [0.15, 0.2) is 6.61 Å². The average molecular weight is 355 g/mol. The fourth-order valence-electron chi connectivity index (χ4n) is 2.76. The second kappa shape index (κ2) is 9.04. The Hall–Kier alpha value is -2.82. The Bertz CT molecular complexity index is 725. The van der Waals surface area contributed by atoms with Crippen LogP contribution in [0.3, 0.4) is 0 Å². The van der Waals surface area contributed by atoms with Crippen LogP contribution < -0.4 is 9.64 Å². The molecule has 1 N–H and O–H groups in total. The minimum atomic E-state index is -1.03. The zero-order valence-electron chi connectivity index (χ0n) is 15.4. The molecule has 26 heavy (non-hydrogen) atoms. The molecule has 2 aromatic rings. The van der Waals surface area contributed by atoms with Gasteiger partial charge < -0.3 is 14.7 Å². The summed E-state index contributed by atoms with van der Waals surface area (Å²) in [7, 11) is 1.76. The normalized spacial score (nSPS) is 11.8. The van der Waals surface area contributed by atoms with Gasteiger partial charge in [0.05, 0.1) is 0 Å². The summed E-state index contributed by atoms with van der Waals surface area (Å²) < 4.78 is 5.12. The lowest BCUT2D eigenvalue weighted by atomic mass is 9.88. The number of carboxylic acid groups (broad SMARTS) is 1. The summed E-state index contributed by atoms with van der Waals surface area (Å²) in [4.78, 5) is 25.2. The van der Waals surface area contributed by atoms with Crippen LogP contribution in [-0.2, 0) is 16.0 Å². The topological polar surface area (TPSA) is 66.8 Å². The Morgan fingerprint density at radius 2 is 1.65 bits per heavy atom. The minimum absolute atomic E-state index is 0.0584. The van der Waals surface area contributed by atoms with Crippen molar-refractivity contribution in [2.45, 2.75) is 20.3 Å². The molecule has 0 heterocycles. The molecule has 0 aliphatic heterocycles. The largest absolute Gasteiger partial charge is 0.482 e. The third-order valence-electron chi connectivity index (χ3n) is 4.34. The van der Waals surface area contributed by atoms with Gasteiger partial charge in [-0.2, -0.15) is 0 Å². The van der Waals surface area contributed by atoms with Crippen LogP contribution in [-0.4, -0.2) is 30.6 Å². The number of ether oxygens (including phenoxy) is 1. The van der Waals surface area contributed by atoms with Gasteiger partial charge >= 0.3 is 5.97 Å². The number of anilines is 1. The molecule has 1 unspecified atom stereocenters. The maximum Gasteiger partial charge on any atom is 0.341 e. The molecule has 1 amide bonds. The van der Waals surface area contributed by atoms with Crippen molar-refractivity contribution in [3.8, 4) is 5.75 Å². The highest BCUT2D eigenvalue weighted by molar-refractivity contribution is 5.94. The lowest BCUT2D eigenvalue weighted by Gasteiger charge is -2.26. The monoisotopic (exact) mass is 355 g/mol. The quantitative estimate of drug-likeness (QED) is 0.785. The van der Waals surface area contributed by atoms with Gasteiger partial charge in [0.25, 0.3) is 0 Å². The highest BCUT2D eigenvalue weighted by Gasteiger charge is 2.26. The van der Waals surface area contributed by atoms with Gasteiger partial charge in [-0.05, 0) is 42.2 Å². The van der Waals surface area contributed by atoms with Crippen molar-refractivity contribution in [2.24, 2.45) is 11.8 Å². The predicted molar refractivity (Wildman–Crippen MR) is 101 cm³/mol. The van der Waals surface area contributed by atoms with Gasteiger partial charge in [0.2, 0.25) is 5.91 Å². The fourth-order valence-corrected chi connectivity index (χ4v) is 2.76. The first-order chi connectivity index (χ1) is 12.4. The molecule has 2 rings (SSSR count). The van der Waals surface area contributed by atoms with E-state index >= 15 is 0 Å². The molecule has 5 nitrogen and oxygen atoms in total. The Balaban J connectivity index is 2.09. The van der Waals surface area contributed by atoms with Crippen LogP contribution in [0.1, 0.15) is 19.4 Å². The van der Waals surface area contributed by atoms with Crippen molar-refractivity contribution < 1.29 is 19.4 Å². The summed E-state index contributed by atoms with van der Waals surface area (Å²) in [5.74, 6) is -0.416. The lowest BCUT2D eigenvalue weighted by Crippen LogP contribution is -2.36. The molecule has 2 aromatic carbocycles. The van der Waals surface area contributed by atoms with Crippen molar-refractivity contribution in [2.75, 3.05) is 18.6 Å². The van der Waals surface area contributed by atoms with Crippen LogP contribution >= 0.6 is 0 Å². The molecular weight excluding hydrogens is 330 g/mol. The first kappa shape index (κ1) is 19.5. The van der Waals surface area contributed by atoms with E-state index in [1.165, 1.54) is 0 Å². The zero-order valence-corrected chi connectivity index (χ0v) is 15.4. The summed E-state index contributed by atoms with van der Waals surface area (Å²) in [6.07, 6.45) is 0.696. The number of rotatable bonds is 8. The number of carbonyl (C=O) groups excluding carboxylic acids is 1. The van der Waals surface area contributed by atoms with Gasteiger partial charge in [0.1, 0.15) is 5.75 Å². The number of aliphatic carboxylic acids is 1. The number of amides is 1. The second-order valence-corrected chi connectivity index (χ2v) is 6.61. The Labute approximate surface area is 154 Å².